The van der Waals surface area contributed by atoms with Crippen molar-refractivity contribution >= 4 is 25.3 Å². The molecule has 1 aliphatic carbocycles. The molecule has 0 heterocycles. The standard InChI is InChI=1S/C34H46O4P2/c1-25(2)29-19-17-27(5)33(23-29)37-39(35,31-13-9-7-10-14-31)21-22-40(36,32-15-11-8-12-16-32)38-34-24-30(26(3)4)20-18-28(34)6/h7-17,19,23,25-26,28,30,34H,18,20-22,24H2,1-6H3. The fourth-order valence-corrected chi connectivity index (χ4v) is 11.1. The molecule has 216 valence electrons. The van der Waals surface area contributed by atoms with Crippen molar-refractivity contribution in [2.75, 3.05) is 12.3 Å². The van der Waals surface area contributed by atoms with Crippen molar-refractivity contribution in [3.8, 4) is 5.75 Å². The number of rotatable bonds is 11. The molecule has 6 heteroatoms. The van der Waals surface area contributed by atoms with E-state index in [-0.39, 0.29) is 18.4 Å². The summed E-state index contributed by atoms with van der Waals surface area (Å²) in [6.45, 7) is 13.0. The Morgan fingerprint density at radius 2 is 1.38 bits per heavy atom. The molecule has 3 aromatic rings. The molecule has 1 aliphatic rings. The summed E-state index contributed by atoms with van der Waals surface area (Å²) in [6.07, 6.45) is 3.35. The molecule has 0 amide bonds. The summed E-state index contributed by atoms with van der Waals surface area (Å²) in [5.74, 6) is 2.38. The summed E-state index contributed by atoms with van der Waals surface area (Å²) >= 11 is 0. The van der Waals surface area contributed by atoms with E-state index in [0.717, 1.165) is 24.0 Å². The maximum absolute atomic E-state index is 14.8. The molecule has 1 fully saturated rings. The molecule has 0 spiro atoms. The van der Waals surface area contributed by atoms with Gasteiger partial charge in [-0.15, -0.1) is 0 Å². The summed E-state index contributed by atoms with van der Waals surface area (Å²) in [5.41, 5.74) is 2.06. The van der Waals surface area contributed by atoms with Gasteiger partial charge in [-0.1, -0.05) is 83.1 Å². The van der Waals surface area contributed by atoms with Gasteiger partial charge in [0, 0.05) is 22.9 Å². The highest BCUT2D eigenvalue weighted by molar-refractivity contribution is 7.71. The van der Waals surface area contributed by atoms with Crippen LogP contribution in [0.3, 0.4) is 0 Å². The Balaban J connectivity index is 1.68. The van der Waals surface area contributed by atoms with E-state index in [1.165, 1.54) is 6.42 Å². The molecular formula is C34H46O4P2. The average molecular weight is 581 g/mol. The fourth-order valence-electron chi connectivity index (χ4n) is 5.56. The summed E-state index contributed by atoms with van der Waals surface area (Å²) < 4.78 is 42.8. The van der Waals surface area contributed by atoms with Gasteiger partial charge < -0.3 is 9.05 Å². The maximum Gasteiger partial charge on any atom is 0.277 e. The van der Waals surface area contributed by atoms with Gasteiger partial charge in [0.15, 0.2) is 0 Å². The third-order valence-electron chi connectivity index (χ3n) is 8.52. The lowest BCUT2D eigenvalue weighted by Gasteiger charge is -2.38. The van der Waals surface area contributed by atoms with Gasteiger partial charge in [0.1, 0.15) is 5.75 Å². The van der Waals surface area contributed by atoms with E-state index >= 15 is 0 Å². The normalized spacial score (nSPS) is 22.6. The molecule has 0 aromatic heterocycles. The van der Waals surface area contributed by atoms with Gasteiger partial charge in [-0.05, 0) is 91.3 Å². The molecule has 3 aromatic carbocycles. The second-order valence-electron chi connectivity index (χ2n) is 12.2. The summed E-state index contributed by atoms with van der Waals surface area (Å²) in [6, 6.07) is 25.0. The highest BCUT2D eigenvalue weighted by Crippen LogP contribution is 2.56. The topological polar surface area (TPSA) is 52.6 Å². The molecule has 0 saturated heterocycles. The van der Waals surface area contributed by atoms with Gasteiger partial charge in [0.05, 0.1) is 6.10 Å². The molecule has 4 rings (SSSR count). The van der Waals surface area contributed by atoms with E-state index in [1.807, 2.05) is 79.7 Å². The molecule has 5 unspecified atom stereocenters. The number of aryl methyl sites for hydroxylation is 1. The van der Waals surface area contributed by atoms with Crippen LogP contribution in [0.4, 0.5) is 0 Å². The first-order chi connectivity index (χ1) is 19.0. The Bertz CT molecular complexity index is 1340. The molecule has 4 nitrogen and oxygen atoms in total. The van der Waals surface area contributed by atoms with Crippen molar-refractivity contribution in [1.29, 1.82) is 0 Å². The lowest BCUT2D eigenvalue weighted by atomic mass is 9.76. The van der Waals surface area contributed by atoms with Gasteiger partial charge in [-0.3, -0.25) is 9.13 Å². The molecule has 1 saturated carbocycles. The maximum atomic E-state index is 14.8. The van der Waals surface area contributed by atoms with Crippen LogP contribution in [0.2, 0.25) is 0 Å². The molecule has 40 heavy (non-hydrogen) atoms. The zero-order chi connectivity index (χ0) is 28.9. The zero-order valence-corrected chi connectivity index (χ0v) is 26.7. The third-order valence-corrected chi connectivity index (χ3v) is 13.8. The SMILES string of the molecule is Cc1ccc(C(C)C)cc1OP(=O)(CCP(=O)(OC1CC(C(C)C)CCC1C)c1ccccc1)c1ccccc1. The number of hydrogen-bond donors (Lipinski definition) is 0. The van der Waals surface area contributed by atoms with E-state index in [4.69, 9.17) is 9.05 Å². The van der Waals surface area contributed by atoms with E-state index < -0.39 is 14.7 Å². The minimum absolute atomic E-state index is 0.0887. The van der Waals surface area contributed by atoms with Crippen LogP contribution in [-0.4, -0.2) is 18.4 Å². The van der Waals surface area contributed by atoms with Crippen LogP contribution in [0, 0.1) is 24.7 Å². The van der Waals surface area contributed by atoms with Crippen molar-refractivity contribution in [3.05, 3.63) is 90.0 Å². The van der Waals surface area contributed by atoms with Crippen LogP contribution < -0.4 is 15.1 Å². The van der Waals surface area contributed by atoms with Crippen LogP contribution in [0.1, 0.15) is 70.9 Å². The Hall–Kier alpha value is -2.12. The van der Waals surface area contributed by atoms with Crippen molar-refractivity contribution < 1.29 is 18.2 Å². The monoisotopic (exact) mass is 580 g/mol. The summed E-state index contributed by atoms with van der Waals surface area (Å²) in [7, 11) is -6.78. The lowest BCUT2D eigenvalue weighted by molar-refractivity contribution is 0.0645. The van der Waals surface area contributed by atoms with Crippen LogP contribution in [0.25, 0.3) is 0 Å². The number of benzene rings is 3. The first-order valence-electron chi connectivity index (χ1n) is 14.8. The smallest absolute Gasteiger partial charge is 0.277 e. The Morgan fingerprint density at radius 3 is 1.95 bits per heavy atom. The van der Waals surface area contributed by atoms with E-state index in [9.17, 15) is 9.13 Å². The van der Waals surface area contributed by atoms with Crippen LogP contribution in [0.15, 0.2) is 78.9 Å². The first-order valence-corrected chi connectivity index (χ1v) is 18.4. The quantitative estimate of drug-likeness (QED) is 0.212. The Kier molecular flexibility index (Phi) is 10.2. The molecule has 0 radical (unpaired) electrons. The zero-order valence-electron chi connectivity index (χ0n) is 25.0. The van der Waals surface area contributed by atoms with Gasteiger partial charge in [-0.2, -0.15) is 0 Å². The molecule has 0 N–H and O–H groups in total. The van der Waals surface area contributed by atoms with Crippen LogP contribution >= 0.6 is 14.7 Å². The lowest BCUT2D eigenvalue weighted by Crippen LogP contribution is -2.33. The Morgan fingerprint density at radius 1 is 0.800 bits per heavy atom. The largest absolute Gasteiger partial charge is 0.440 e. The molecule has 5 atom stereocenters. The Labute approximate surface area is 241 Å². The number of hydrogen-bond acceptors (Lipinski definition) is 4. The minimum Gasteiger partial charge on any atom is -0.440 e. The van der Waals surface area contributed by atoms with Crippen LogP contribution in [-0.2, 0) is 13.7 Å². The highest BCUT2D eigenvalue weighted by atomic mass is 31.2. The van der Waals surface area contributed by atoms with Gasteiger partial charge in [0.25, 0.3) is 7.37 Å². The fraction of sp³-hybridized carbons (Fsp3) is 0.471. The highest BCUT2D eigenvalue weighted by Gasteiger charge is 2.39. The summed E-state index contributed by atoms with van der Waals surface area (Å²) in [4.78, 5) is 0. The average Bonchev–Trinajstić information content (AvgIpc) is 2.95. The first kappa shape index (κ1) is 30.8. The van der Waals surface area contributed by atoms with Crippen molar-refractivity contribution in [1.82, 2.24) is 0 Å². The van der Waals surface area contributed by atoms with E-state index in [1.54, 1.807) is 0 Å². The van der Waals surface area contributed by atoms with Gasteiger partial charge in [0.2, 0.25) is 7.37 Å². The summed E-state index contributed by atoms with van der Waals surface area (Å²) in [5, 5.41) is 1.32. The minimum atomic E-state index is -3.44. The van der Waals surface area contributed by atoms with Gasteiger partial charge in [-0.25, -0.2) is 0 Å². The molecular weight excluding hydrogens is 534 g/mol. The predicted octanol–water partition coefficient (Wildman–Crippen LogP) is 9.18. The third kappa shape index (κ3) is 7.39. The van der Waals surface area contributed by atoms with Crippen molar-refractivity contribution in [2.24, 2.45) is 17.8 Å². The van der Waals surface area contributed by atoms with Crippen LogP contribution in [0.5, 0.6) is 5.75 Å². The predicted molar refractivity (Wildman–Crippen MR) is 169 cm³/mol. The molecule has 0 aliphatic heterocycles. The van der Waals surface area contributed by atoms with Crippen molar-refractivity contribution in [3.63, 3.8) is 0 Å². The van der Waals surface area contributed by atoms with Gasteiger partial charge >= 0.3 is 0 Å². The van der Waals surface area contributed by atoms with E-state index in [0.29, 0.717) is 40.0 Å². The second-order valence-corrected chi connectivity index (χ2v) is 17.2. The van der Waals surface area contributed by atoms with E-state index in [2.05, 4.69) is 40.7 Å². The second kappa shape index (κ2) is 13.2. The molecule has 0 bridgehead atoms. The van der Waals surface area contributed by atoms with Crippen molar-refractivity contribution in [2.45, 2.75) is 72.8 Å².